The van der Waals surface area contributed by atoms with E-state index in [-0.39, 0.29) is 12.3 Å². The SMILES string of the molecule is CC(C)(C)OC(=O)N[C@@H](Cc1cn(C(=O)[C@@H](N)Cc2ccccc2)cn1)C(=O)N[C@H](CC1CCCCC1)[C@H](O)c1cccs1. The molecule has 5 N–H and O–H groups in total. The number of carbonyl (C=O) groups is 3. The largest absolute Gasteiger partial charge is 0.444 e. The maximum Gasteiger partial charge on any atom is 0.408 e. The van der Waals surface area contributed by atoms with E-state index in [9.17, 15) is 19.5 Å². The number of aliphatic hydroxyl groups is 1. The van der Waals surface area contributed by atoms with Crippen molar-refractivity contribution in [2.24, 2.45) is 11.7 Å². The Hall–Kier alpha value is -3.54. The number of nitrogens with two attached hydrogens (primary N) is 1. The Balaban J connectivity index is 1.50. The lowest BCUT2D eigenvalue weighted by Gasteiger charge is -2.31. The van der Waals surface area contributed by atoms with E-state index in [2.05, 4.69) is 15.6 Å². The number of benzene rings is 1. The van der Waals surface area contributed by atoms with Crippen molar-refractivity contribution in [1.29, 1.82) is 0 Å². The van der Waals surface area contributed by atoms with Gasteiger partial charge in [-0.2, -0.15) is 0 Å². The molecule has 2 aromatic heterocycles. The van der Waals surface area contributed by atoms with Crippen molar-refractivity contribution in [2.75, 3.05) is 0 Å². The fourth-order valence-electron chi connectivity index (χ4n) is 5.59. The number of aliphatic hydroxyl groups excluding tert-OH is 1. The summed E-state index contributed by atoms with van der Waals surface area (Å²) in [5.74, 6) is -0.406. The fourth-order valence-corrected chi connectivity index (χ4v) is 6.37. The van der Waals surface area contributed by atoms with Crippen LogP contribution in [0.25, 0.3) is 0 Å². The predicted octanol–water partition coefficient (Wildman–Crippen LogP) is 4.78. The van der Waals surface area contributed by atoms with Gasteiger partial charge in [0.15, 0.2) is 0 Å². The maximum absolute atomic E-state index is 13.8. The molecule has 2 heterocycles. The van der Waals surface area contributed by atoms with Crippen LogP contribution in [0.15, 0.2) is 60.4 Å². The summed E-state index contributed by atoms with van der Waals surface area (Å²) in [6.45, 7) is 5.22. The van der Waals surface area contributed by atoms with E-state index in [1.165, 1.54) is 34.8 Å². The van der Waals surface area contributed by atoms with Gasteiger partial charge in [-0.15, -0.1) is 11.3 Å². The molecule has 4 rings (SSSR count). The van der Waals surface area contributed by atoms with Crippen LogP contribution in [0.1, 0.15) is 86.3 Å². The molecule has 1 fully saturated rings. The highest BCUT2D eigenvalue weighted by Crippen LogP contribution is 2.32. The van der Waals surface area contributed by atoms with E-state index in [4.69, 9.17) is 10.5 Å². The van der Waals surface area contributed by atoms with Crippen molar-refractivity contribution < 1.29 is 24.2 Å². The highest BCUT2D eigenvalue weighted by Gasteiger charge is 2.32. The number of nitrogens with one attached hydrogen (secondary N) is 2. The second-order valence-electron chi connectivity index (χ2n) is 12.6. The van der Waals surface area contributed by atoms with Crippen molar-refractivity contribution >= 4 is 29.2 Å². The molecule has 0 radical (unpaired) electrons. The highest BCUT2D eigenvalue weighted by molar-refractivity contribution is 7.10. The van der Waals surface area contributed by atoms with Crippen LogP contribution in [-0.2, 0) is 22.4 Å². The Bertz CT molecular complexity index is 1350. The molecule has 2 amide bonds. The van der Waals surface area contributed by atoms with Gasteiger partial charge in [-0.3, -0.25) is 14.2 Å². The van der Waals surface area contributed by atoms with Gasteiger partial charge in [-0.1, -0.05) is 68.5 Å². The van der Waals surface area contributed by atoms with E-state index in [0.717, 1.165) is 36.1 Å². The number of amides is 2. The molecule has 44 heavy (non-hydrogen) atoms. The van der Waals surface area contributed by atoms with Gasteiger partial charge < -0.3 is 26.2 Å². The lowest BCUT2D eigenvalue weighted by atomic mass is 9.83. The molecule has 1 aliphatic rings. The van der Waals surface area contributed by atoms with Gasteiger partial charge >= 0.3 is 6.09 Å². The van der Waals surface area contributed by atoms with Gasteiger partial charge in [0.05, 0.1) is 17.8 Å². The fraction of sp³-hybridized carbons (Fsp3) is 0.515. The topological polar surface area (TPSA) is 149 Å². The molecular formula is C33H45N5O5S. The van der Waals surface area contributed by atoms with Crippen LogP contribution < -0.4 is 16.4 Å². The third-order valence-electron chi connectivity index (χ3n) is 7.78. The van der Waals surface area contributed by atoms with E-state index in [0.29, 0.717) is 24.5 Å². The van der Waals surface area contributed by atoms with Crippen LogP contribution in [0.2, 0.25) is 0 Å². The third kappa shape index (κ3) is 10.0. The zero-order valence-corrected chi connectivity index (χ0v) is 26.6. The molecule has 10 nitrogen and oxygen atoms in total. The summed E-state index contributed by atoms with van der Waals surface area (Å²) >= 11 is 1.44. The quantitative estimate of drug-likeness (QED) is 0.227. The average molecular weight is 624 g/mol. The first kappa shape index (κ1) is 33.4. The van der Waals surface area contributed by atoms with E-state index in [1.54, 1.807) is 20.8 Å². The Morgan fingerprint density at radius 3 is 2.45 bits per heavy atom. The standard InChI is InChI=1S/C33H45N5O5S/c1-33(2,3)43-32(42)37-27(19-24-20-38(21-35-24)31(41)25(34)17-22-11-6-4-7-12-22)30(40)36-26(18-23-13-8-5-9-14-23)29(39)28-15-10-16-44-28/h4,6-7,10-12,15-16,20-21,23,25-27,29,39H,5,8-9,13-14,17-19,34H2,1-3H3,(H,36,40)(H,37,42)/t25-,26+,27-,29-/m0/s1. The molecule has 0 saturated heterocycles. The molecule has 0 aliphatic heterocycles. The molecule has 11 heteroatoms. The number of hydrogen-bond acceptors (Lipinski definition) is 8. The Morgan fingerprint density at radius 1 is 1.07 bits per heavy atom. The van der Waals surface area contributed by atoms with Crippen LogP contribution in [0.5, 0.6) is 0 Å². The number of rotatable bonds is 12. The minimum Gasteiger partial charge on any atom is -0.444 e. The van der Waals surface area contributed by atoms with Crippen LogP contribution in [-0.4, -0.2) is 56.3 Å². The Labute approximate surface area is 263 Å². The van der Waals surface area contributed by atoms with Crippen LogP contribution in [0.3, 0.4) is 0 Å². The van der Waals surface area contributed by atoms with E-state index in [1.807, 2.05) is 47.8 Å². The first-order chi connectivity index (χ1) is 21.0. The van der Waals surface area contributed by atoms with Crippen LogP contribution in [0, 0.1) is 5.92 Å². The molecule has 0 bridgehead atoms. The first-order valence-corrected chi connectivity index (χ1v) is 16.2. The van der Waals surface area contributed by atoms with E-state index >= 15 is 0 Å². The third-order valence-corrected chi connectivity index (χ3v) is 8.73. The summed E-state index contributed by atoms with van der Waals surface area (Å²) in [5, 5.41) is 18.9. The molecule has 3 aromatic rings. The number of nitrogens with zero attached hydrogens (tertiary/aromatic N) is 2. The number of imidazole rings is 1. The monoisotopic (exact) mass is 623 g/mol. The maximum atomic E-state index is 13.8. The molecule has 1 aliphatic carbocycles. The normalized spacial score (nSPS) is 16.8. The van der Waals surface area contributed by atoms with Gasteiger partial charge in [0.25, 0.3) is 0 Å². The van der Waals surface area contributed by atoms with Crippen LogP contribution >= 0.6 is 11.3 Å². The van der Waals surface area contributed by atoms with Crippen molar-refractivity contribution in [2.45, 2.75) is 102 Å². The van der Waals surface area contributed by atoms with Gasteiger partial charge in [-0.05, 0) is 56.5 Å². The first-order valence-electron chi connectivity index (χ1n) is 15.4. The number of thiophene rings is 1. The molecule has 4 atom stereocenters. The zero-order chi connectivity index (χ0) is 31.7. The molecular weight excluding hydrogens is 578 g/mol. The number of hydrogen-bond donors (Lipinski definition) is 4. The van der Waals surface area contributed by atoms with Gasteiger partial charge in [0.1, 0.15) is 24.1 Å². The second-order valence-corrected chi connectivity index (χ2v) is 13.6. The predicted molar refractivity (Wildman–Crippen MR) is 170 cm³/mol. The Morgan fingerprint density at radius 2 is 1.80 bits per heavy atom. The Kier molecular flexibility index (Phi) is 11.7. The van der Waals surface area contributed by atoms with Crippen molar-refractivity contribution in [1.82, 2.24) is 20.2 Å². The summed E-state index contributed by atoms with van der Waals surface area (Å²) in [6.07, 6.45) is 7.87. The summed E-state index contributed by atoms with van der Waals surface area (Å²) in [7, 11) is 0. The van der Waals surface area contributed by atoms with Gasteiger partial charge in [0.2, 0.25) is 11.8 Å². The van der Waals surface area contributed by atoms with Crippen LogP contribution in [0.4, 0.5) is 4.79 Å². The zero-order valence-electron chi connectivity index (χ0n) is 25.8. The average Bonchev–Trinajstić information content (AvgIpc) is 3.69. The van der Waals surface area contributed by atoms with Gasteiger partial charge in [-0.25, -0.2) is 9.78 Å². The summed E-state index contributed by atoms with van der Waals surface area (Å²) in [5.41, 5.74) is 6.80. The summed E-state index contributed by atoms with van der Waals surface area (Å²) in [4.78, 5) is 44.8. The lowest BCUT2D eigenvalue weighted by molar-refractivity contribution is -0.125. The molecule has 0 unspecified atom stereocenters. The van der Waals surface area contributed by atoms with Crippen molar-refractivity contribution in [3.8, 4) is 0 Å². The molecule has 0 spiro atoms. The number of alkyl carbamates (subject to hydrolysis) is 1. The summed E-state index contributed by atoms with van der Waals surface area (Å²) in [6, 6.07) is 10.9. The summed E-state index contributed by atoms with van der Waals surface area (Å²) < 4.78 is 6.76. The van der Waals surface area contributed by atoms with Gasteiger partial charge in [0, 0.05) is 17.5 Å². The smallest absolute Gasteiger partial charge is 0.408 e. The molecule has 1 aromatic carbocycles. The van der Waals surface area contributed by atoms with Crippen molar-refractivity contribution in [3.05, 3.63) is 76.5 Å². The highest BCUT2D eigenvalue weighted by atomic mass is 32.1. The number of ether oxygens (including phenoxy) is 1. The molecule has 1 saturated carbocycles. The molecule has 238 valence electrons. The van der Waals surface area contributed by atoms with Crippen molar-refractivity contribution in [3.63, 3.8) is 0 Å². The minimum absolute atomic E-state index is 0.00449. The minimum atomic E-state index is -1.06. The second kappa shape index (κ2) is 15.5. The lowest BCUT2D eigenvalue weighted by Crippen LogP contribution is -2.53. The number of carbonyl (C=O) groups excluding carboxylic acids is 3. The number of aromatic nitrogens is 2. The van der Waals surface area contributed by atoms with E-state index < -0.39 is 41.8 Å².